The fraction of sp³-hybridized carbons (Fsp3) is 0.222. The summed E-state index contributed by atoms with van der Waals surface area (Å²) >= 11 is 15.2. The van der Waals surface area contributed by atoms with E-state index in [1.165, 1.54) is 11.3 Å². The average molecular weight is 411 g/mol. The topological polar surface area (TPSA) is 34.4 Å². The standard InChI is InChI=1S/C18H16Cl2N2OS2/c1-11-14(20)7-8-15-17(11)22(2)18(25-15)21-16(23)9-10-24-13-5-3-12(19)4-6-13/h3-8H,9-10H2,1-2H3. The van der Waals surface area contributed by atoms with Gasteiger partial charge in [-0.3, -0.25) is 4.79 Å². The number of thiazole rings is 1. The molecule has 3 nitrogen and oxygen atoms in total. The molecule has 0 aliphatic rings. The van der Waals surface area contributed by atoms with Crippen molar-refractivity contribution in [3.63, 3.8) is 0 Å². The second-order valence-electron chi connectivity index (χ2n) is 5.52. The van der Waals surface area contributed by atoms with Crippen LogP contribution in [-0.2, 0) is 11.8 Å². The van der Waals surface area contributed by atoms with E-state index in [0.29, 0.717) is 22.0 Å². The maximum Gasteiger partial charge on any atom is 0.249 e. The molecule has 0 fully saturated rings. The fourth-order valence-corrected chi connectivity index (χ4v) is 4.67. The van der Waals surface area contributed by atoms with Gasteiger partial charge >= 0.3 is 0 Å². The van der Waals surface area contributed by atoms with Crippen LogP contribution in [0.5, 0.6) is 0 Å². The summed E-state index contributed by atoms with van der Waals surface area (Å²) in [6.45, 7) is 1.98. The number of halogens is 2. The highest BCUT2D eigenvalue weighted by atomic mass is 35.5. The Hall–Kier alpha value is -1.27. The lowest BCUT2D eigenvalue weighted by Crippen LogP contribution is -2.13. The Morgan fingerprint density at radius 3 is 2.64 bits per heavy atom. The van der Waals surface area contributed by atoms with E-state index in [0.717, 1.165) is 25.7 Å². The molecule has 3 aromatic rings. The molecule has 0 saturated carbocycles. The van der Waals surface area contributed by atoms with Crippen LogP contribution in [0.1, 0.15) is 12.0 Å². The van der Waals surface area contributed by atoms with Crippen LogP contribution in [0.25, 0.3) is 10.2 Å². The lowest BCUT2D eigenvalue weighted by atomic mass is 10.2. The number of hydrogen-bond donors (Lipinski definition) is 0. The summed E-state index contributed by atoms with van der Waals surface area (Å²) in [4.78, 5) is 18.3. The number of benzene rings is 2. The van der Waals surface area contributed by atoms with E-state index in [4.69, 9.17) is 23.2 Å². The van der Waals surface area contributed by atoms with Crippen molar-refractivity contribution in [2.24, 2.45) is 12.0 Å². The first-order valence-corrected chi connectivity index (χ1v) is 10.2. The third-order valence-electron chi connectivity index (χ3n) is 3.77. The molecule has 0 unspecified atom stereocenters. The van der Waals surface area contributed by atoms with E-state index in [9.17, 15) is 4.79 Å². The summed E-state index contributed by atoms with van der Waals surface area (Å²) in [6.07, 6.45) is 0.390. The molecule has 0 aliphatic heterocycles. The molecule has 1 amide bonds. The Morgan fingerprint density at radius 2 is 1.92 bits per heavy atom. The molecule has 0 spiro atoms. The average Bonchev–Trinajstić information content (AvgIpc) is 2.89. The summed E-state index contributed by atoms with van der Waals surface area (Å²) in [7, 11) is 1.91. The van der Waals surface area contributed by atoms with Crippen LogP contribution in [0.15, 0.2) is 46.3 Å². The van der Waals surface area contributed by atoms with Crippen molar-refractivity contribution in [1.82, 2.24) is 4.57 Å². The fourth-order valence-electron chi connectivity index (χ4n) is 2.46. The Kier molecular flexibility index (Phi) is 5.89. The molecular weight excluding hydrogens is 395 g/mol. The summed E-state index contributed by atoms with van der Waals surface area (Å²) in [5.74, 6) is 0.566. The van der Waals surface area contributed by atoms with Gasteiger partial charge < -0.3 is 4.57 Å². The molecule has 2 aromatic carbocycles. The minimum absolute atomic E-state index is 0.118. The largest absolute Gasteiger partial charge is 0.319 e. The maximum atomic E-state index is 12.2. The van der Waals surface area contributed by atoms with Crippen LogP contribution in [0.4, 0.5) is 0 Å². The van der Waals surface area contributed by atoms with E-state index in [1.54, 1.807) is 11.8 Å². The van der Waals surface area contributed by atoms with E-state index < -0.39 is 0 Å². The molecule has 1 heterocycles. The smallest absolute Gasteiger partial charge is 0.249 e. The molecule has 0 N–H and O–H groups in total. The van der Waals surface area contributed by atoms with Crippen molar-refractivity contribution < 1.29 is 4.79 Å². The SMILES string of the molecule is Cc1c(Cl)ccc2sc(=NC(=O)CCSc3ccc(Cl)cc3)n(C)c12. The summed E-state index contributed by atoms with van der Waals surface area (Å²) in [6, 6.07) is 11.4. The molecule has 0 saturated heterocycles. The first-order valence-electron chi connectivity index (χ1n) is 7.66. The van der Waals surface area contributed by atoms with Gasteiger partial charge in [-0.05, 0) is 48.9 Å². The highest BCUT2D eigenvalue weighted by molar-refractivity contribution is 7.99. The Morgan fingerprint density at radius 1 is 1.20 bits per heavy atom. The number of hydrogen-bond acceptors (Lipinski definition) is 3. The third kappa shape index (κ3) is 4.29. The molecule has 25 heavy (non-hydrogen) atoms. The number of fused-ring (bicyclic) bond motifs is 1. The zero-order chi connectivity index (χ0) is 18.0. The molecule has 7 heteroatoms. The second-order valence-corrected chi connectivity index (χ2v) is 8.54. The zero-order valence-electron chi connectivity index (χ0n) is 13.8. The number of carbonyl (C=O) groups excluding carboxylic acids is 1. The lowest BCUT2D eigenvalue weighted by molar-refractivity contribution is -0.117. The zero-order valence-corrected chi connectivity index (χ0v) is 16.9. The number of thioether (sulfide) groups is 1. The monoisotopic (exact) mass is 410 g/mol. The van der Waals surface area contributed by atoms with Crippen molar-refractivity contribution in [3.05, 3.63) is 56.8 Å². The first kappa shape index (κ1) is 18.5. The van der Waals surface area contributed by atoms with Gasteiger partial charge in [-0.2, -0.15) is 4.99 Å². The normalized spacial score (nSPS) is 12.1. The highest BCUT2D eigenvalue weighted by Crippen LogP contribution is 2.26. The number of nitrogens with zero attached hydrogens (tertiary/aromatic N) is 2. The number of carbonyl (C=O) groups is 1. The van der Waals surface area contributed by atoms with E-state index in [1.807, 2.05) is 54.9 Å². The predicted octanol–water partition coefficient (Wildman–Crippen LogP) is 5.46. The molecule has 0 bridgehead atoms. The van der Waals surface area contributed by atoms with Gasteiger partial charge in [0, 0.05) is 34.2 Å². The van der Waals surface area contributed by atoms with Gasteiger partial charge in [-0.15, -0.1) is 11.8 Å². The quantitative estimate of drug-likeness (QED) is 0.534. The molecule has 1 aromatic heterocycles. The Labute approximate surface area is 164 Å². The van der Waals surface area contributed by atoms with Crippen LogP contribution >= 0.6 is 46.3 Å². The second kappa shape index (κ2) is 7.96. The van der Waals surface area contributed by atoms with E-state index >= 15 is 0 Å². The third-order valence-corrected chi connectivity index (χ3v) is 6.54. The molecular formula is C18H16Cl2N2OS2. The summed E-state index contributed by atoms with van der Waals surface area (Å²) in [5, 5.41) is 1.43. The van der Waals surface area contributed by atoms with Gasteiger partial charge in [-0.25, -0.2) is 0 Å². The molecule has 0 aliphatic carbocycles. The lowest BCUT2D eigenvalue weighted by Gasteiger charge is -2.02. The van der Waals surface area contributed by atoms with Gasteiger partial charge in [0.1, 0.15) is 0 Å². The van der Waals surface area contributed by atoms with Gasteiger partial charge in [0.2, 0.25) is 5.91 Å². The van der Waals surface area contributed by atoms with Crippen LogP contribution in [0, 0.1) is 6.92 Å². The van der Waals surface area contributed by atoms with Gasteiger partial charge in [-0.1, -0.05) is 34.5 Å². The Balaban J connectivity index is 1.73. The predicted molar refractivity (Wildman–Crippen MR) is 108 cm³/mol. The minimum atomic E-state index is -0.118. The van der Waals surface area contributed by atoms with Gasteiger partial charge in [0.15, 0.2) is 4.80 Å². The van der Waals surface area contributed by atoms with Crippen molar-refractivity contribution in [1.29, 1.82) is 0 Å². The molecule has 0 radical (unpaired) electrons. The van der Waals surface area contributed by atoms with Crippen LogP contribution in [-0.4, -0.2) is 16.2 Å². The molecule has 3 rings (SSSR count). The number of aryl methyl sites for hydroxylation is 2. The summed E-state index contributed by atoms with van der Waals surface area (Å²) < 4.78 is 3.01. The van der Waals surface area contributed by atoms with Gasteiger partial charge in [0.25, 0.3) is 0 Å². The van der Waals surface area contributed by atoms with Crippen molar-refractivity contribution >= 4 is 62.4 Å². The summed E-state index contributed by atoms with van der Waals surface area (Å²) in [5.41, 5.74) is 2.03. The van der Waals surface area contributed by atoms with Gasteiger partial charge in [0.05, 0.1) is 10.2 Å². The number of rotatable bonds is 4. The van der Waals surface area contributed by atoms with Crippen LogP contribution in [0.3, 0.4) is 0 Å². The number of amides is 1. The first-order chi connectivity index (χ1) is 12.0. The maximum absolute atomic E-state index is 12.2. The Bertz CT molecular complexity index is 991. The molecule has 130 valence electrons. The number of aromatic nitrogens is 1. The minimum Gasteiger partial charge on any atom is -0.319 e. The van der Waals surface area contributed by atoms with Crippen LogP contribution in [0.2, 0.25) is 10.0 Å². The van der Waals surface area contributed by atoms with E-state index in [2.05, 4.69) is 4.99 Å². The molecule has 0 atom stereocenters. The van der Waals surface area contributed by atoms with Crippen molar-refractivity contribution in [3.8, 4) is 0 Å². The van der Waals surface area contributed by atoms with E-state index in [-0.39, 0.29) is 5.91 Å². The van der Waals surface area contributed by atoms with Crippen molar-refractivity contribution in [2.75, 3.05) is 5.75 Å². The van der Waals surface area contributed by atoms with Crippen LogP contribution < -0.4 is 4.80 Å². The highest BCUT2D eigenvalue weighted by Gasteiger charge is 2.09. The van der Waals surface area contributed by atoms with Crippen molar-refractivity contribution in [2.45, 2.75) is 18.2 Å².